The van der Waals surface area contributed by atoms with E-state index in [0.29, 0.717) is 42.3 Å². The van der Waals surface area contributed by atoms with E-state index in [1.54, 1.807) is 18.3 Å². The molecule has 0 aliphatic carbocycles. The Morgan fingerprint density at radius 2 is 2.08 bits per heavy atom. The number of nitriles is 1. The van der Waals surface area contributed by atoms with Crippen LogP contribution in [0.5, 0.6) is 0 Å². The van der Waals surface area contributed by atoms with Gasteiger partial charge in [-0.05, 0) is 37.3 Å². The van der Waals surface area contributed by atoms with E-state index >= 15 is 0 Å². The largest absolute Gasteiger partial charge is 0.391 e. The maximum absolute atomic E-state index is 14.7. The van der Waals surface area contributed by atoms with Crippen molar-refractivity contribution in [3.8, 4) is 17.3 Å². The predicted molar refractivity (Wildman–Crippen MR) is 149 cm³/mol. The zero-order valence-electron chi connectivity index (χ0n) is 21.7. The number of carbonyl (C=O) groups excluding carboxylic acids is 1. The second-order valence-electron chi connectivity index (χ2n) is 8.74. The van der Waals surface area contributed by atoms with E-state index in [1.807, 2.05) is 32.9 Å². The van der Waals surface area contributed by atoms with Crippen molar-refractivity contribution in [2.45, 2.75) is 53.4 Å². The summed E-state index contributed by atoms with van der Waals surface area (Å²) in [5.74, 6) is -0.353. The summed E-state index contributed by atoms with van der Waals surface area (Å²) in [7, 11) is 0. The Kier molecular flexibility index (Phi) is 9.93. The normalized spacial score (nSPS) is 17.2. The van der Waals surface area contributed by atoms with Crippen molar-refractivity contribution in [3.05, 3.63) is 65.2 Å². The zero-order chi connectivity index (χ0) is 27.2. The van der Waals surface area contributed by atoms with Crippen molar-refractivity contribution in [2.75, 3.05) is 29.9 Å². The van der Waals surface area contributed by atoms with Gasteiger partial charge in [-0.25, -0.2) is 14.4 Å². The van der Waals surface area contributed by atoms with Gasteiger partial charge < -0.3 is 25.4 Å². The van der Waals surface area contributed by atoms with Crippen LogP contribution in [-0.4, -0.2) is 52.9 Å². The fourth-order valence-corrected chi connectivity index (χ4v) is 4.60. The Morgan fingerprint density at radius 1 is 1.28 bits per heavy atom. The first-order valence-electron chi connectivity index (χ1n) is 12.8. The molecule has 4 heterocycles. The van der Waals surface area contributed by atoms with Gasteiger partial charge >= 0.3 is 0 Å². The summed E-state index contributed by atoms with van der Waals surface area (Å²) >= 11 is 0. The smallest absolute Gasteiger partial charge is 0.255 e. The molecule has 2 atom stereocenters. The first kappa shape index (κ1) is 29.5. The number of carbonyl (C=O) groups is 1. The van der Waals surface area contributed by atoms with Gasteiger partial charge in [0.1, 0.15) is 11.6 Å². The number of fused-ring (bicyclic) bond motifs is 1. The van der Waals surface area contributed by atoms with Crippen molar-refractivity contribution in [3.63, 3.8) is 0 Å². The van der Waals surface area contributed by atoms with E-state index < -0.39 is 11.9 Å². The summed E-state index contributed by atoms with van der Waals surface area (Å²) < 4.78 is 20.3. The van der Waals surface area contributed by atoms with E-state index in [1.165, 1.54) is 18.2 Å². The molecule has 1 aromatic carbocycles. The van der Waals surface area contributed by atoms with Crippen molar-refractivity contribution >= 4 is 23.1 Å². The summed E-state index contributed by atoms with van der Waals surface area (Å²) in [6.07, 6.45) is 1.88. The minimum absolute atomic E-state index is 0. The van der Waals surface area contributed by atoms with Crippen LogP contribution in [-0.2, 0) is 11.3 Å². The van der Waals surface area contributed by atoms with Crippen molar-refractivity contribution in [1.82, 2.24) is 15.3 Å². The number of aromatic nitrogens is 2. The molecule has 0 radical (unpaired) electrons. The molecular weight excluding hydrogens is 499 g/mol. The van der Waals surface area contributed by atoms with Gasteiger partial charge in [-0.3, -0.25) is 4.79 Å². The molecule has 1 saturated heterocycles. The molecule has 0 spiro atoms. The topological polar surface area (TPSA) is 123 Å². The summed E-state index contributed by atoms with van der Waals surface area (Å²) in [5, 5.41) is 25.1. The molecule has 2 unspecified atom stereocenters. The quantitative estimate of drug-likeness (QED) is 0.396. The van der Waals surface area contributed by atoms with Crippen molar-refractivity contribution < 1.29 is 19.0 Å². The number of ether oxygens (including phenoxy) is 1. The molecule has 2 aliphatic heterocycles. The molecule has 1 fully saturated rings. The molecule has 5 rings (SSSR count). The number of nitrogens with one attached hydrogen (secondary N) is 2. The Morgan fingerprint density at radius 3 is 2.72 bits per heavy atom. The lowest BCUT2D eigenvalue weighted by Crippen LogP contribution is -2.32. The summed E-state index contributed by atoms with van der Waals surface area (Å²) in [5.41, 5.74) is 2.67. The fourth-order valence-electron chi connectivity index (χ4n) is 4.60. The molecule has 10 heteroatoms. The second-order valence-corrected chi connectivity index (χ2v) is 8.74. The fraction of sp³-hybridized carbons (Fsp3) is 0.379. The zero-order valence-corrected chi connectivity index (χ0v) is 21.7. The number of pyridine rings is 2. The minimum Gasteiger partial charge on any atom is -0.391 e. The van der Waals surface area contributed by atoms with E-state index in [0.717, 1.165) is 12.2 Å². The molecule has 3 aromatic rings. The van der Waals surface area contributed by atoms with E-state index in [4.69, 9.17) is 4.74 Å². The molecule has 206 valence electrons. The van der Waals surface area contributed by atoms with Gasteiger partial charge in [0.15, 0.2) is 0 Å². The summed E-state index contributed by atoms with van der Waals surface area (Å²) in [6.45, 7) is 8.00. The third-order valence-electron chi connectivity index (χ3n) is 6.37. The van der Waals surface area contributed by atoms with Gasteiger partial charge in [-0.2, -0.15) is 5.26 Å². The molecule has 0 saturated carbocycles. The molecule has 0 bridgehead atoms. The second kappa shape index (κ2) is 13.1. The van der Waals surface area contributed by atoms with Gasteiger partial charge in [-0.1, -0.05) is 27.3 Å². The third kappa shape index (κ3) is 6.33. The highest BCUT2D eigenvalue weighted by Crippen LogP contribution is 2.33. The Labute approximate surface area is 228 Å². The third-order valence-corrected chi connectivity index (χ3v) is 6.37. The summed E-state index contributed by atoms with van der Waals surface area (Å²) in [4.78, 5) is 23.6. The van der Waals surface area contributed by atoms with Crippen LogP contribution in [0.1, 0.15) is 56.2 Å². The molecule has 1 amide bonds. The number of aliphatic hydroxyl groups excluding tert-OH is 1. The molecule has 2 aromatic heterocycles. The van der Waals surface area contributed by atoms with Gasteiger partial charge in [0, 0.05) is 19.5 Å². The van der Waals surface area contributed by atoms with Crippen LogP contribution in [0, 0.1) is 17.1 Å². The van der Waals surface area contributed by atoms with Gasteiger partial charge in [0.2, 0.25) is 0 Å². The molecular formula is C29H35FN6O3. The SMILES string of the molecule is C.CC.CCN(CC1CC(O)CO1)c1ccc(Nc2cc(-c3c(F)cccc3C#N)nc3c2C(=O)NC3)nc1. The van der Waals surface area contributed by atoms with Gasteiger partial charge in [0.05, 0.1) is 77.1 Å². The van der Waals surface area contributed by atoms with Crippen LogP contribution in [0.15, 0.2) is 42.6 Å². The first-order chi connectivity index (χ1) is 18.5. The van der Waals surface area contributed by atoms with Crippen LogP contribution in [0.2, 0.25) is 0 Å². The standard InChI is InChI=1S/C26H25FN6O3.C2H6.CH4/c1-2-33(13-18-8-17(34)14-36-18)16-6-7-23(29-11-16)32-21-9-20(31-22-12-30-26(35)25(21)22)24-15(10-28)4-3-5-19(24)27;1-2;/h3-7,9,11,17-18,34H,2,8,12-14H2,1H3,(H,30,35)(H,29,31,32);1-2H3;1H4. The minimum atomic E-state index is -0.564. The monoisotopic (exact) mass is 534 g/mol. The highest BCUT2D eigenvalue weighted by molar-refractivity contribution is 6.04. The Hall–Kier alpha value is -4.07. The number of amides is 1. The lowest BCUT2D eigenvalue weighted by Gasteiger charge is -2.25. The highest BCUT2D eigenvalue weighted by Gasteiger charge is 2.28. The van der Waals surface area contributed by atoms with Gasteiger partial charge in [-0.15, -0.1) is 0 Å². The number of hydrogen-bond acceptors (Lipinski definition) is 8. The van der Waals surface area contributed by atoms with Crippen LogP contribution in [0.25, 0.3) is 11.3 Å². The number of likely N-dealkylation sites (N-methyl/N-ethyl adjacent to an activating group) is 1. The number of benzene rings is 1. The van der Waals surface area contributed by atoms with Crippen LogP contribution >= 0.6 is 0 Å². The van der Waals surface area contributed by atoms with Gasteiger partial charge in [0.25, 0.3) is 5.91 Å². The average molecular weight is 535 g/mol. The average Bonchev–Trinajstić information content (AvgIpc) is 3.53. The lowest BCUT2D eigenvalue weighted by atomic mass is 10.0. The Bertz CT molecular complexity index is 1340. The number of anilines is 3. The van der Waals surface area contributed by atoms with E-state index in [-0.39, 0.29) is 42.8 Å². The predicted octanol–water partition coefficient (Wildman–Crippen LogP) is 4.78. The Balaban J connectivity index is 0.00000137. The molecule has 39 heavy (non-hydrogen) atoms. The highest BCUT2D eigenvalue weighted by atomic mass is 19.1. The molecule has 9 nitrogen and oxygen atoms in total. The summed E-state index contributed by atoms with van der Waals surface area (Å²) in [6, 6.07) is 11.6. The maximum Gasteiger partial charge on any atom is 0.255 e. The maximum atomic E-state index is 14.7. The number of halogens is 1. The first-order valence-corrected chi connectivity index (χ1v) is 12.8. The van der Waals surface area contributed by atoms with E-state index in [9.17, 15) is 19.6 Å². The van der Waals surface area contributed by atoms with Crippen molar-refractivity contribution in [2.24, 2.45) is 0 Å². The van der Waals surface area contributed by atoms with Crippen LogP contribution in [0.3, 0.4) is 0 Å². The van der Waals surface area contributed by atoms with E-state index in [2.05, 4.69) is 25.5 Å². The van der Waals surface area contributed by atoms with Crippen LogP contribution in [0.4, 0.5) is 21.6 Å². The number of rotatable bonds is 7. The van der Waals surface area contributed by atoms with Crippen molar-refractivity contribution in [1.29, 1.82) is 5.26 Å². The lowest BCUT2D eigenvalue weighted by molar-refractivity contribution is 0.0916. The number of nitrogens with zero attached hydrogens (tertiary/aromatic N) is 4. The number of aliphatic hydroxyl groups is 1. The number of hydrogen-bond donors (Lipinski definition) is 3. The molecule has 2 aliphatic rings. The molecule has 3 N–H and O–H groups in total. The van der Waals surface area contributed by atoms with Crippen LogP contribution < -0.4 is 15.5 Å².